The van der Waals surface area contributed by atoms with Crippen molar-refractivity contribution in [3.05, 3.63) is 36.2 Å². The molecule has 0 unspecified atom stereocenters. The summed E-state index contributed by atoms with van der Waals surface area (Å²) in [5.41, 5.74) is 0.785. The van der Waals surface area contributed by atoms with Crippen molar-refractivity contribution >= 4 is 5.78 Å². The summed E-state index contributed by atoms with van der Waals surface area (Å²) in [7, 11) is 0. The molecule has 21 heavy (non-hydrogen) atoms. The Morgan fingerprint density at radius 1 is 1.43 bits per heavy atom. The molecular formula is C15H21N5O. The number of Topliss-reactive ketones (excluding diaryl/α,β-unsaturated/α-hetero) is 1. The lowest BCUT2D eigenvalue weighted by atomic mass is 10.1. The van der Waals surface area contributed by atoms with Crippen LogP contribution in [-0.4, -0.2) is 38.2 Å². The molecule has 0 bridgehead atoms. The average Bonchev–Trinajstić information content (AvgIpc) is 3.16. The van der Waals surface area contributed by atoms with Gasteiger partial charge in [-0.15, -0.1) is 0 Å². The number of ketones is 1. The first-order chi connectivity index (χ1) is 10.3. The van der Waals surface area contributed by atoms with Crippen molar-refractivity contribution in [2.24, 2.45) is 0 Å². The van der Waals surface area contributed by atoms with Gasteiger partial charge in [-0.05, 0) is 45.0 Å². The highest BCUT2D eigenvalue weighted by Crippen LogP contribution is 2.22. The normalized spacial score (nSPS) is 16.2. The number of nitrogens with zero attached hydrogens (tertiary/aromatic N) is 4. The minimum absolute atomic E-state index is 0.112. The molecule has 112 valence electrons. The molecule has 3 rings (SSSR count). The molecule has 0 aliphatic carbocycles. The maximum atomic E-state index is 12.6. The lowest BCUT2D eigenvalue weighted by Crippen LogP contribution is -2.30. The van der Waals surface area contributed by atoms with E-state index in [4.69, 9.17) is 0 Å². The summed E-state index contributed by atoms with van der Waals surface area (Å²) in [5.74, 6) is 0.849. The summed E-state index contributed by atoms with van der Waals surface area (Å²) in [6.45, 7) is 4.76. The van der Waals surface area contributed by atoms with Crippen LogP contribution in [0.25, 0.3) is 0 Å². The van der Waals surface area contributed by atoms with Gasteiger partial charge < -0.3 is 9.88 Å². The molecule has 6 heteroatoms. The van der Waals surface area contributed by atoms with E-state index in [1.807, 2.05) is 25.3 Å². The van der Waals surface area contributed by atoms with Crippen LogP contribution in [0, 0.1) is 0 Å². The van der Waals surface area contributed by atoms with E-state index in [1.165, 1.54) is 6.33 Å². The zero-order valence-electron chi connectivity index (χ0n) is 12.3. The number of carbonyl (C=O) groups is 1. The van der Waals surface area contributed by atoms with Crippen LogP contribution >= 0.6 is 0 Å². The third-order valence-corrected chi connectivity index (χ3v) is 4.08. The number of nitrogens with one attached hydrogen (secondary N) is 1. The first kappa shape index (κ1) is 14.0. The lowest BCUT2D eigenvalue weighted by molar-refractivity contribution is 0.0977. The predicted molar refractivity (Wildman–Crippen MR) is 79.3 cm³/mol. The van der Waals surface area contributed by atoms with E-state index < -0.39 is 0 Å². The molecule has 0 atom stereocenters. The van der Waals surface area contributed by atoms with E-state index in [-0.39, 0.29) is 5.78 Å². The molecule has 1 fully saturated rings. The van der Waals surface area contributed by atoms with Gasteiger partial charge in [0.2, 0.25) is 0 Å². The molecule has 1 aliphatic rings. The molecule has 3 heterocycles. The Bertz CT molecular complexity index is 609. The van der Waals surface area contributed by atoms with Crippen LogP contribution in [0.5, 0.6) is 0 Å². The van der Waals surface area contributed by atoms with E-state index in [9.17, 15) is 4.79 Å². The molecule has 6 nitrogen and oxygen atoms in total. The van der Waals surface area contributed by atoms with E-state index >= 15 is 0 Å². The maximum absolute atomic E-state index is 12.6. The number of hydrogen-bond acceptors (Lipinski definition) is 4. The van der Waals surface area contributed by atoms with Gasteiger partial charge in [0.15, 0.2) is 5.78 Å². The second-order valence-electron chi connectivity index (χ2n) is 5.37. The molecule has 0 amide bonds. The molecule has 1 aliphatic heterocycles. The Balaban J connectivity index is 1.77. The van der Waals surface area contributed by atoms with Gasteiger partial charge in [-0.3, -0.25) is 4.79 Å². The SMILES string of the molecule is CCn1ncnc1CC(=O)c1cccn1C1CCNCC1. The molecule has 0 radical (unpaired) electrons. The molecule has 1 saturated heterocycles. The topological polar surface area (TPSA) is 64.7 Å². The molecule has 0 spiro atoms. The Labute approximate surface area is 124 Å². The molecule has 1 N–H and O–H groups in total. The van der Waals surface area contributed by atoms with Gasteiger partial charge in [0.25, 0.3) is 0 Å². The first-order valence-corrected chi connectivity index (χ1v) is 7.57. The van der Waals surface area contributed by atoms with Crippen molar-refractivity contribution in [3.63, 3.8) is 0 Å². The fourth-order valence-electron chi connectivity index (χ4n) is 2.96. The van der Waals surface area contributed by atoms with Gasteiger partial charge in [0, 0.05) is 18.8 Å². The van der Waals surface area contributed by atoms with Crippen LogP contribution < -0.4 is 5.32 Å². The quantitative estimate of drug-likeness (QED) is 0.845. The van der Waals surface area contributed by atoms with Crippen molar-refractivity contribution in [2.75, 3.05) is 13.1 Å². The van der Waals surface area contributed by atoms with E-state index in [0.717, 1.165) is 44.0 Å². The largest absolute Gasteiger partial charge is 0.342 e. The monoisotopic (exact) mass is 287 g/mol. The van der Waals surface area contributed by atoms with Crippen LogP contribution in [0.15, 0.2) is 24.7 Å². The second-order valence-corrected chi connectivity index (χ2v) is 5.37. The van der Waals surface area contributed by atoms with Gasteiger partial charge in [0.05, 0.1) is 12.1 Å². The molecule has 2 aromatic rings. The van der Waals surface area contributed by atoms with Crippen molar-refractivity contribution in [3.8, 4) is 0 Å². The minimum Gasteiger partial charge on any atom is -0.342 e. The Morgan fingerprint density at radius 3 is 3.00 bits per heavy atom. The Morgan fingerprint density at radius 2 is 2.24 bits per heavy atom. The average molecular weight is 287 g/mol. The zero-order valence-corrected chi connectivity index (χ0v) is 12.3. The van der Waals surface area contributed by atoms with Gasteiger partial charge in [-0.1, -0.05) is 0 Å². The number of piperidine rings is 1. The number of rotatable bonds is 5. The Hall–Kier alpha value is -1.95. The fraction of sp³-hybridized carbons (Fsp3) is 0.533. The smallest absolute Gasteiger partial charge is 0.186 e. The van der Waals surface area contributed by atoms with Crippen molar-refractivity contribution < 1.29 is 4.79 Å². The van der Waals surface area contributed by atoms with Crippen LogP contribution in [-0.2, 0) is 13.0 Å². The van der Waals surface area contributed by atoms with E-state index in [1.54, 1.807) is 4.68 Å². The minimum atomic E-state index is 0.112. The van der Waals surface area contributed by atoms with Gasteiger partial charge >= 0.3 is 0 Å². The van der Waals surface area contributed by atoms with Crippen LogP contribution in [0.2, 0.25) is 0 Å². The predicted octanol–water partition coefficient (Wildman–Crippen LogP) is 1.45. The van der Waals surface area contributed by atoms with Gasteiger partial charge in [-0.25, -0.2) is 9.67 Å². The van der Waals surface area contributed by atoms with E-state index in [2.05, 4.69) is 20.0 Å². The lowest BCUT2D eigenvalue weighted by Gasteiger charge is -2.25. The van der Waals surface area contributed by atoms with Crippen molar-refractivity contribution in [1.29, 1.82) is 0 Å². The first-order valence-electron chi connectivity index (χ1n) is 7.57. The third kappa shape index (κ3) is 2.90. The number of carbonyl (C=O) groups excluding carboxylic acids is 1. The van der Waals surface area contributed by atoms with Crippen molar-refractivity contribution in [2.45, 2.75) is 38.8 Å². The molecule has 0 saturated carbocycles. The second kappa shape index (κ2) is 6.22. The molecule has 2 aromatic heterocycles. The number of aryl methyl sites for hydroxylation is 1. The van der Waals surface area contributed by atoms with Crippen molar-refractivity contribution in [1.82, 2.24) is 24.6 Å². The standard InChI is InChI=1S/C15H21N5O/c1-2-20-15(17-11-18-20)10-14(21)13-4-3-9-19(13)12-5-7-16-8-6-12/h3-4,9,11-12,16H,2,5-8,10H2,1H3. The highest BCUT2D eigenvalue weighted by molar-refractivity contribution is 5.95. The van der Waals surface area contributed by atoms with Crippen LogP contribution in [0.4, 0.5) is 0 Å². The molecule has 0 aromatic carbocycles. The van der Waals surface area contributed by atoms with Crippen LogP contribution in [0.3, 0.4) is 0 Å². The van der Waals surface area contributed by atoms with E-state index in [0.29, 0.717) is 12.5 Å². The highest BCUT2D eigenvalue weighted by Gasteiger charge is 2.21. The summed E-state index contributed by atoms with van der Waals surface area (Å²) < 4.78 is 3.91. The summed E-state index contributed by atoms with van der Waals surface area (Å²) in [5, 5.41) is 7.48. The Kier molecular flexibility index (Phi) is 4.15. The summed E-state index contributed by atoms with van der Waals surface area (Å²) in [4.78, 5) is 16.8. The maximum Gasteiger partial charge on any atom is 0.186 e. The zero-order chi connectivity index (χ0) is 14.7. The number of hydrogen-bond donors (Lipinski definition) is 1. The summed E-state index contributed by atoms with van der Waals surface area (Å²) >= 11 is 0. The number of aromatic nitrogens is 4. The molecular weight excluding hydrogens is 266 g/mol. The summed E-state index contributed by atoms with van der Waals surface area (Å²) in [6, 6.07) is 4.29. The van der Waals surface area contributed by atoms with Crippen LogP contribution in [0.1, 0.15) is 42.1 Å². The summed E-state index contributed by atoms with van der Waals surface area (Å²) in [6.07, 6.45) is 5.98. The fourth-order valence-corrected chi connectivity index (χ4v) is 2.96. The van der Waals surface area contributed by atoms with Gasteiger partial charge in [0.1, 0.15) is 12.2 Å². The highest BCUT2D eigenvalue weighted by atomic mass is 16.1. The third-order valence-electron chi connectivity index (χ3n) is 4.08. The van der Waals surface area contributed by atoms with Gasteiger partial charge in [-0.2, -0.15) is 5.10 Å².